The molecule has 2 amide bonds. The van der Waals surface area contributed by atoms with Gasteiger partial charge in [0.25, 0.3) is 11.8 Å². The first-order valence-corrected chi connectivity index (χ1v) is 15.8. The first-order valence-electron chi connectivity index (χ1n) is 15.8. The zero-order valence-electron chi connectivity index (χ0n) is 27.7. The van der Waals surface area contributed by atoms with Crippen molar-refractivity contribution in [1.82, 2.24) is 10.6 Å². The van der Waals surface area contributed by atoms with Crippen molar-refractivity contribution in [2.75, 3.05) is 66.1 Å². The number of hydrogen-bond donors (Lipinski definition) is 2. The second-order valence-corrected chi connectivity index (χ2v) is 12.3. The summed E-state index contributed by atoms with van der Waals surface area (Å²) in [5, 5.41) is 6.00. The first-order chi connectivity index (χ1) is 22.6. The van der Waals surface area contributed by atoms with Crippen LogP contribution in [-0.2, 0) is 14.2 Å². The van der Waals surface area contributed by atoms with Gasteiger partial charge in [-0.1, -0.05) is 6.07 Å². The molecule has 0 fully saturated rings. The van der Waals surface area contributed by atoms with E-state index in [9.17, 15) is 9.59 Å². The molecule has 0 saturated heterocycles. The van der Waals surface area contributed by atoms with Crippen LogP contribution in [0.1, 0.15) is 48.4 Å². The highest BCUT2D eigenvalue weighted by molar-refractivity contribution is 6.00. The third kappa shape index (κ3) is 12.8. The Bertz CT molecular complexity index is 1310. The van der Waals surface area contributed by atoms with Crippen molar-refractivity contribution in [1.29, 1.82) is 0 Å². The molecule has 3 aromatic carbocycles. The molecule has 3 aromatic rings. The molecule has 0 radical (unpaired) electrons. The molecule has 4 aliphatic heterocycles. The average Bonchev–Trinajstić information content (AvgIpc) is 3.05. The van der Waals surface area contributed by atoms with Gasteiger partial charge in [-0.3, -0.25) is 9.59 Å². The third-order valence-corrected chi connectivity index (χ3v) is 6.87. The lowest BCUT2D eigenvalue weighted by Gasteiger charge is -2.27. The fraction of sp³-hybridized carbons (Fsp3) is 0.444. The molecular weight excluding hydrogens is 604 g/mol. The Morgan fingerprint density at radius 2 is 0.787 bits per heavy atom. The zero-order valence-corrected chi connectivity index (χ0v) is 27.7. The van der Waals surface area contributed by atoms with Crippen LogP contribution in [0.25, 0.3) is 0 Å². The maximum atomic E-state index is 13.2. The maximum absolute atomic E-state index is 13.2. The second kappa shape index (κ2) is 17.6. The van der Waals surface area contributed by atoms with Gasteiger partial charge < -0.3 is 43.8 Å². The van der Waals surface area contributed by atoms with Gasteiger partial charge in [0, 0.05) is 11.1 Å². The van der Waals surface area contributed by atoms with Crippen molar-refractivity contribution in [2.24, 2.45) is 0 Å². The fourth-order valence-corrected chi connectivity index (χ4v) is 4.40. The van der Waals surface area contributed by atoms with E-state index in [0.717, 1.165) is 0 Å². The summed E-state index contributed by atoms with van der Waals surface area (Å²) in [6.45, 7) is 11.5. The van der Waals surface area contributed by atoms with Crippen LogP contribution in [0.2, 0.25) is 0 Å². The second-order valence-electron chi connectivity index (χ2n) is 12.3. The van der Waals surface area contributed by atoms with E-state index in [-0.39, 0.29) is 25.0 Å². The van der Waals surface area contributed by atoms with E-state index in [1.165, 1.54) is 0 Å². The van der Waals surface area contributed by atoms with Gasteiger partial charge in [-0.2, -0.15) is 0 Å². The van der Waals surface area contributed by atoms with Crippen molar-refractivity contribution in [3.63, 3.8) is 0 Å². The van der Waals surface area contributed by atoms with E-state index < -0.39 is 11.1 Å². The van der Waals surface area contributed by atoms with Crippen molar-refractivity contribution < 1.29 is 42.7 Å². The van der Waals surface area contributed by atoms with E-state index >= 15 is 0 Å². The predicted octanol–water partition coefficient (Wildman–Crippen LogP) is 4.68. The molecule has 0 saturated carbocycles. The molecule has 4 heterocycles. The van der Waals surface area contributed by atoms with Crippen LogP contribution in [0.3, 0.4) is 0 Å². The van der Waals surface area contributed by atoms with Gasteiger partial charge in [0.15, 0.2) is 0 Å². The summed E-state index contributed by atoms with van der Waals surface area (Å²) in [4.78, 5) is 26.3. The van der Waals surface area contributed by atoms with Crippen molar-refractivity contribution >= 4 is 11.8 Å². The number of nitrogens with one attached hydrogen (secondary N) is 2. The predicted molar refractivity (Wildman–Crippen MR) is 177 cm³/mol. The number of carbonyl (C=O) groups excluding carboxylic acids is 2. The van der Waals surface area contributed by atoms with Gasteiger partial charge >= 0.3 is 0 Å². The lowest BCUT2D eigenvalue weighted by molar-refractivity contribution is 0.00498. The molecule has 0 aliphatic carbocycles. The molecular formula is C36H46N2O9. The summed E-state index contributed by atoms with van der Waals surface area (Å²) in [7, 11) is 0. The lowest BCUT2D eigenvalue weighted by Crippen LogP contribution is -2.48. The van der Waals surface area contributed by atoms with Crippen LogP contribution in [0.15, 0.2) is 72.8 Å². The molecule has 6 bridgehead atoms. The van der Waals surface area contributed by atoms with E-state index in [2.05, 4.69) is 10.6 Å². The van der Waals surface area contributed by atoms with Gasteiger partial charge in [-0.05, 0) is 94.4 Å². The number of amides is 2. The van der Waals surface area contributed by atoms with Crippen LogP contribution in [0, 0.1) is 0 Å². The smallest absolute Gasteiger partial charge is 0.251 e. The molecule has 2 N–H and O–H groups in total. The minimum atomic E-state index is -0.695. The molecule has 47 heavy (non-hydrogen) atoms. The Hall–Kier alpha value is -4.32. The van der Waals surface area contributed by atoms with Crippen LogP contribution in [-0.4, -0.2) is 89.0 Å². The summed E-state index contributed by atoms with van der Waals surface area (Å²) < 4.78 is 40.1. The van der Waals surface area contributed by atoms with Gasteiger partial charge in [0.2, 0.25) is 0 Å². The van der Waals surface area contributed by atoms with E-state index in [0.29, 0.717) is 87.0 Å². The first kappa shape index (κ1) is 35.5. The van der Waals surface area contributed by atoms with Crippen LogP contribution in [0.4, 0.5) is 0 Å². The molecule has 0 aromatic heterocycles. The monoisotopic (exact) mass is 650 g/mol. The maximum Gasteiger partial charge on any atom is 0.251 e. The van der Waals surface area contributed by atoms with Crippen molar-refractivity contribution in [2.45, 2.75) is 38.8 Å². The molecule has 11 nitrogen and oxygen atoms in total. The zero-order chi connectivity index (χ0) is 33.5. The number of rotatable bonds is 0. The molecule has 4 aliphatic rings. The van der Waals surface area contributed by atoms with Gasteiger partial charge in [0.05, 0.1) is 50.7 Å². The number of ether oxygens (including phenoxy) is 7. The summed E-state index contributed by atoms with van der Waals surface area (Å²) in [5.74, 6) is 2.05. The molecule has 0 spiro atoms. The Morgan fingerprint density at radius 3 is 1.15 bits per heavy atom. The average molecular weight is 651 g/mol. The number of benzene rings is 3. The third-order valence-electron chi connectivity index (χ3n) is 6.87. The van der Waals surface area contributed by atoms with Gasteiger partial charge in [-0.25, -0.2) is 0 Å². The van der Waals surface area contributed by atoms with Crippen LogP contribution >= 0.6 is 0 Å². The van der Waals surface area contributed by atoms with Crippen molar-refractivity contribution in [3.05, 3.63) is 83.9 Å². The normalized spacial score (nSPS) is 19.0. The SMILES string of the molecule is CC1(C)COc2ccc(cc2)OCCOCCOCCOCCOc2ccc(cc2)OCC(C)(C)NC(=O)c2cccc(c2)C(=O)N1. The van der Waals surface area contributed by atoms with E-state index in [1.54, 1.807) is 24.3 Å². The Kier molecular flexibility index (Phi) is 13.3. The quantitative estimate of drug-likeness (QED) is 0.357. The molecule has 11 heteroatoms. The summed E-state index contributed by atoms with van der Waals surface area (Å²) in [6, 6.07) is 21.1. The summed E-state index contributed by atoms with van der Waals surface area (Å²) >= 11 is 0. The van der Waals surface area contributed by atoms with Crippen molar-refractivity contribution in [3.8, 4) is 23.0 Å². The molecule has 7 rings (SSSR count). The molecule has 0 unspecified atom stereocenters. The van der Waals surface area contributed by atoms with E-state index in [4.69, 9.17) is 33.2 Å². The van der Waals surface area contributed by atoms with Gasteiger partial charge in [0.1, 0.15) is 49.4 Å². The highest BCUT2D eigenvalue weighted by atomic mass is 16.6. The Labute approximate surface area is 276 Å². The number of hydrogen-bond acceptors (Lipinski definition) is 9. The molecule has 0 atom stereocenters. The largest absolute Gasteiger partial charge is 0.491 e. The highest BCUT2D eigenvalue weighted by Crippen LogP contribution is 2.21. The summed E-state index contributed by atoms with van der Waals surface area (Å²) in [6.07, 6.45) is 0. The van der Waals surface area contributed by atoms with Gasteiger partial charge in [-0.15, -0.1) is 0 Å². The summed E-state index contributed by atoms with van der Waals surface area (Å²) in [5.41, 5.74) is -0.661. The fourth-order valence-electron chi connectivity index (χ4n) is 4.40. The Morgan fingerprint density at radius 1 is 0.468 bits per heavy atom. The highest BCUT2D eigenvalue weighted by Gasteiger charge is 2.25. The topological polar surface area (TPSA) is 123 Å². The standard InChI is InChI=1S/C36H46N2O9/c1-35(2)25-46-31-12-8-29(9-13-31)44-22-20-42-18-16-41-17-19-43-21-23-45-30-10-14-32(15-11-30)47-26-36(3,4)38-34(40)28-7-5-6-27(24-28)33(39)37-35/h5-15,24H,16-23,25-26H2,1-4H3,(H,37,39)(H,38,40). The van der Waals surface area contributed by atoms with E-state index in [1.807, 2.05) is 76.2 Å². The number of carbonyl (C=O) groups is 2. The lowest BCUT2D eigenvalue weighted by atomic mass is 10.0. The van der Waals surface area contributed by atoms with Crippen LogP contribution < -0.4 is 29.6 Å². The van der Waals surface area contributed by atoms with Crippen LogP contribution in [0.5, 0.6) is 23.0 Å². The minimum Gasteiger partial charge on any atom is -0.491 e. The minimum absolute atomic E-state index is 0.227. The molecule has 254 valence electrons. The Balaban J connectivity index is 1.37.